The minimum absolute atomic E-state index is 0.150. The summed E-state index contributed by atoms with van der Waals surface area (Å²) >= 11 is 0. The van der Waals surface area contributed by atoms with Crippen molar-refractivity contribution in [1.29, 1.82) is 0 Å². The number of benzene rings is 1. The zero-order valence-corrected chi connectivity index (χ0v) is 13.9. The fraction of sp³-hybridized carbons (Fsp3) is 0.312. The molecule has 1 aromatic carbocycles. The quantitative estimate of drug-likeness (QED) is 0.588. The van der Waals surface area contributed by atoms with Gasteiger partial charge in [0.25, 0.3) is 0 Å². The van der Waals surface area contributed by atoms with Crippen molar-refractivity contribution in [3.05, 3.63) is 53.5 Å². The summed E-state index contributed by atoms with van der Waals surface area (Å²) in [5, 5.41) is 7.72. The summed E-state index contributed by atoms with van der Waals surface area (Å²) < 4.78 is 5.32. The summed E-state index contributed by atoms with van der Waals surface area (Å²) in [6.45, 7) is 1.41. The van der Waals surface area contributed by atoms with Crippen molar-refractivity contribution in [2.75, 3.05) is 30.9 Å². The van der Waals surface area contributed by atoms with Gasteiger partial charge in [-0.05, 0) is 17.7 Å². The summed E-state index contributed by atoms with van der Waals surface area (Å²) in [7, 11) is 1.90. The van der Waals surface area contributed by atoms with Crippen LogP contribution in [-0.4, -0.2) is 47.1 Å². The van der Waals surface area contributed by atoms with Crippen LogP contribution in [0.15, 0.2) is 47.6 Å². The summed E-state index contributed by atoms with van der Waals surface area (Å²) in [5.41, 5.74) is 1.34. The number of amides is 1. The van der Waals surface area contributed by atoms with Gasteiger partial charge in [-0.1, -0.05) is 30.3 Å². The van der Waals surface area contributed by atoms with Crippen molar-refractivity contribution in [2.45, 2.75) is 12.6 Å². The van der Waals surface area contributed by atoms with Crippen molar-refractivity contribution < 1.29 is 9.53 Å². The first-order valence-electron chi connectivity index (χ1n) is 7.86. The number of hydrogen-bond acceptors (Lipinski definition) is 7. The van der Waals surface area contributed by atoms with Crippen molar-refractivity contribution in [1.82, 2.24) is 14.8 Å². The maximum absolute atomic E-state index is 12.1. The number of rotatable bonds is 4. The Labute approximate surface area is 145 Å². The molecule has 0 saturated carbocycles. The molecule has 4 N–H and O–H groups in total. The molecule has 1 aliphatic rings. The van der Waals surface area contributed by atoms with Crippen LogP contribution in [0.4, 0.5) is 10.6 Å². The lowest BCUT2D eigenvalue weighted by atomic mass is 10.1. The molecule has 2 aromatic rings. The zero-order valence-electron chi connectivity index (χ0n) is 13.9. The van der Waals surface area contributed by atoms with Crippen LogP contribution in [0, 0.1) is 0 Å². The monoisotopic (exact) mass is 343 g/mol. The number of carbonyl (C=O) groups is 1. The van der Waals surface area contributed by atoms with Crippen LogP contribution in [0.25, 0.3) is 0 Å². The average molecular weight is 343 g/mol. The smallest absolute Gasteiger partial charge is 0.410 e. The molecule has 0 radical (unpaired) electrons. The van der Waals surface area contributed by atoms with Gasteiger partial charge in [-0.3, -0.25) is 0 Å². The molecule has 0 atom stereocenters. The van der Waals surface area contributed by atoms with Gasteiger partial charge in [0, 0.05) is 20.1 Å². The Bertz CT molecular complexity index is 800. The number of hydrogen-bond donors (Lipinski definition) is 2. The number of likely N-dealkylation sites (N-methyl/N-ethyl adjacent to an activating group) is 1. The molecule has 1 saturated heterocycles. The summed E-state index contributed by atoms with van der Waals surface area (Å²) in [6, 6.07) is 13.2. The fourth-order valence-corrected chi connectivity index (χ4v) is 2.56. The first-order valence-corrected chi connectivity index (χ1v) is 7.86. The van der Waals surface area contributed by atoms with Gasteiger partial charge in [-0.2, -0.15) is 9.89 Å². The molecule has 3 rings (SSSR count). The molecule has 1 aromatic heterocycles. The Morgan fingerprint density at radius 1 is 1.32 bits per heavy atom. The third-order valence-corrected chi connectivity index (χ3v) is 4.19. The van der Waals surface area contributed by atoms with Crippen molar-refractivity contribution >= 4 is 11.9 Å². The molecule has 1 amide bonds. The molecular formula is C16H21N7O2. The van der Waals surface area contributed by atoms with E-state index in [0.29, 0.717) is 24.4 Å². The second kappa shape index (κ2) is 7.12. The van der Waals surface area contributed by atoms with Gasteiger partial charge in [-0.15, -0.1) is 5.10 Å². The highest BCUT2D eigenvalue weighted by molar-refractivity contribution is 5.69. The number of nitrogens with two attached hydrogens (primary N) is 2. The average Bonchev–Trinajstić information content (AvgIpc) is 2.59. The van der Waals surface area contributed by atoms with Gasteiger partial charge in [0.15, 0.2) is 11.3 Å². The lowest BCUT2D eigenvalue weighted by molar-refractivity contribution is 0.0665. The molecule has 2 heterocycles. The fourth-order valence-electron chi connectivity index (χ4n) is 2.56. The van der Waals surface area contributed by atoms with E-state index < -0.39 is 0 Å². The molecule has 25 heavy (non-hydrogen) atoms. The standard InChI is InChI=1S/C16H21N7O2/c1-21(15-8-7-14(19-17)23(18)20-15)13-9-22(10-13)16(24)25-11-12-5-3-2-4-6-12/h2-8,13H,9-11,17-18H2,1H3/b19-14-. The molecule has 1 fully saturated rings. The van der Waals surface area contributed by atoms with E-state index >= 15 is 0 Å². The molecular weight excluding hydrogens is 322 g/mol. The van der Waals surface area contributed by atoms with Crippen molar-refractivity contribution in [2.24, 2.45) is 10.9 Å². The molecule has 9 nitrogen and oxygen atoms in total. The lowest BCUT2D eigenvalue weighted by Crippen LogP contribution is -2.60. The Morgan fingerprint density at radius 3 is 2.68 bits per heavy atom. The maximum Gasteiger partial charge on any atom is 0.410 e. The largest absolute Gasteiger partial charge is 0.445 e. The van der Waals surface area contributed by atoms with Crippen LogP contribution in [0.3, 0.4) is 0 Å². The molecule has 0 spiro atoms. The Hall–Kier alpha value is -3.23. The molecule has 132 valence electrons. The highest BCUT2D eigenvalue weighted by atomic mass is 16.6. The number of likely N-dealkylation sites (tertiary alicyclic amines) is 1. The van der Waals surface area contributed by atoms with Crippen LogP contribution < -0.4 is 22.1 Å². The number of aromatic nitrogens is 2. The minimum Gasteiger partial charge on any atom is -0.445 e. The Balaban J connectivity index is 1.51. The van der Waals surface area contributed by atoms with E-state index in [1.807, 2.05) is 42.3 Å². The first-order chi connectivity index (χ1) is 12.1. The van der Waals surface area contributed by atoms with Gasteiger partial charge in [0.05, 0.1) is 6.04 Å². The van der Waals surface area contributed by atoms with Crippen LogP contribution >= 0.6 is 0 Å². The number of nitrogens with zero attached hydrogens (tertiary/aromatic N) is 5. The summed E-state index contributed by atoms with van der Waals surface area (Å²) in [6.07, 6.45) is -0.312. The lowest BCUT2D eigenvalue weighted by Gasteiger charge is -2.43. The van der Waals surface area contributed by atoms with E-state index in [1.54, 1.807) is 17.0 Å². The van der Waals surface area contributed by atoms with E-state index in [2.05, 4.69) is 10.2 Å². The van der Waals surface area contributed by atoms with E-state index in [1.165, 1.54) is 0 Å². The highest BCUT2D eigenvalue weighted by Gasteiger charge is 2.35. The zero-order chi connectivity index (χ0) is 17.8. The second-order valence-corrected chi connectivity index (χ2v) is 5.83. The maximum atomic E-state index is 12.1. The minimum atomic E-state index is -0.312. The van der Waals surface area contributed by atoms with Crippen LogP contribution in [0.1, 0.15) is 5.56 Å². The normalized spacial score (nSPS) is 14.9. The van der Waals surface area contributed by atoms with E-state index in [9.17, 15) is 4.79 Å². The summed E-state index contributed by atoms with van der Waals surface area (Å²) in [5.74, 6) is 11.6. The predicted octanol–water partition coefficient (Wildman–Crippen LogP) is -0.171. The number of nitrogen functional groups attached to an aromatic ring is 1. The molecule has 9 heteroatoms. The predicted molar refractivity (Wildman–Crippen MR) is 92.5 cm³/mol. The molecule has 0 unspecified atom stereocenters. The van der Waals surface area contributed by atoms with E-state index in [0.717, 1.165) is 10.4 Å². The van der Waals surface area contributed by atoms with Gasteiger partial charge in [-0.25, -0.2) is 4.79 Å². The molecule has 1 aliphatic heterocycles. The number of ether oxygens (including phenoxy) is 1. The van der Waals surface area contributed by atoms with Crippen LogP contribution in [-0.2, 0) is 11.3 Å². The van der Waals surface area contributed by atoms with Gasteiger partial charge in [0.2, 0.25) is 0 Å². The Morgan fingerprint density at radius 2 is 2.04 bits per heavy atom. The second-order valence-electron chi connectivity index (χ2n) is 5.83. The van der Waals surface area contributed by atoms with Crippen molar-refractivity contribution in [3.8, 4) is 0 Å². The topological polar surface area (TPSA) is 115 Å². The van der Waals surface area contributed by atoms with Crippen molar-refractivity contribution in [3.63, 3.8) is 0 Å². The SMILES string of the molecule is CN(c1cc/c(=N/N)n(N)n1)C1CN(C(=O)OCc2ccccc2)C1. The van der Waals surface area contributed by atoms with Crippen LogP contribution in [0.5, 0.6) is 0 Å². The summed E-state index contributed by atoms with van der Waals surface area (Å²) in [4.78, 5) is 16.8. The molecule has 0 bridgehead atoms. The molecule has 0 aliphatic carbocycles. The third kappa shape index (κ3) is 3.65. The van der Waals surface area contributed by atoms with Gasteiger partial charge >= 0.3 is 6.09 Å². The van der Waals surface area contributed by atoms with E-state index in [-0.39, 0.29) is 18.7 Å². The third-order valence-electron chi connectivity index (χ3n) is 4.19. The first kappa shape index (κ1) is 16.6. The number of anilines is 1. The Kier molecular flexibility index (Phi) is 4.73. The number of carbonyl (C=O) groups excluding carboxylic acids is 1. The van der Waals surface area contributed by atoms with Gasteiger partial charge < -0.3 is 26.2 Å². The highest BCUT2D eigenvalue weighted by Crippen LogP contribution is 2.19. The van der Waals surface area contributed by atoms with Crippen LogP contribution in [0.2, 0.25) is 0 Å². The van der Waals surface area contributed by atoms with Gasteiger partial charge in [0.1, 0.15) is 6.61 Å². The van der Waals surface area contributed by atoms with E-state index in [4.69, 9.17) is 16.4 Å².